The summed E-state index contributed by atoms with van der Waals surface area (Å²) in [4.78, 5) is 0. The first kappa shape index (κ1) is 16.8. The molecule has 2 heteroatoms. The van der Waals surface area contributed by atoms with Crippen LogP contribution in [0.3, 0.4) is 0 Å². The fraction of sp³-hybridized carbons (Fsp3) is 0.556. The molecule has 1 unspecified atom stereocenters. The Bertz CT molecular complexity index is 400. The predicted octanol–water partition coefficient (Wildman–Crippen LogP) is 4.79. The molecule has 1 N–H and O–H groups in total. The van der Waals surface area contributed by atoms with Crippen LogP contribution in [-0.2, 0) is 0 Å². The van der Waals surface area contributed by atoms with E-state index in [0.717, 1.165) is 18.7 Å². The van der Waals surface area contributed by atoms with Crippen LogP contribution >= 0.6 is 0 Å². The van der Waals surface area contributed by atoms with Crippen LogP contribution in [0.5, 0.6) is 5.75 Å². The van der Waals surface area contributed by atoms with Gasteiger partial charge in [-0.3, -0.25) is 0 Å². The highest BCUT2D eigenvalue weighted by Gasteiger charge is 2.11. The molecule has 0 saturated carbocycles. The average Bonchev–Trinajstić information content (AvgIpc) is 2.46. The average molecular weight is 275 g/mol. The molecule has 0 fully saturated rings. The molecule has 0 aliphatic rings. The summed E-state index contributed by atoms with van der Waals surface area (Å²) in [5.74, 6) is 0.983. The summed E-state index contributed by atoms with van der Waals surface area (Å²) in [6.07, 6.45) is 8.09. The third-order valence-electron chi connectivity index (χ3n) is 3.69. The Balaban J connectivity index is 2.62. The van der Waals surface area contributed by atoms with Gasteiger partial charge in [-0.2, -0.15) is 0 Å². The van der Waals surface area contributed by atoms with E-state index in [1.54, 1.807) is 7.11 Å². The Hall–Kier alpha value is -1.28. The summed E-state index contributed by atoms with van der Waals surface area (Å²) in [5, 5.41) is 3.58. The van der Waals surface area contributed by atoms with Gasteiger partial charge in [-0.05, 0) is 49.9 Å². The molecule has 0 aliphatic heterocycles. The molecule has 0 aromatic heterocycles. The zero-order valence-electron chi connectivity index (χ0n) is 13.2. The zero-order valence-corrected chi connectivity index (χ0v) is 13.2. The van der Waals surface area contributed by atoms with Gasteiger partial charge < -0.3 is 10.1 Å². The van der Waals surface area contributed by atoms with E-state index in [1.165, 1.54) is 36.8 Å². The molecule has 0 heterocycles. The number of ether oxygens (including phenoxy) is 1. The molecule has 1 aromatic carbocycles. The van der Waals surface area contributed by atoms with E-state index in [1.807, 2.05) is 6.08 Å². The van der Waals surface area contributed by atoms with E-state index >= 15 is 0 Å². The van der Waals surface area contributed by atoms with Crippen LogP contribution in [0.2, 0.25) is 0 Å². The number of hydrogen-bond acceptors (Lipinski definition) is 2. The molecule has 0 saturated heterocycles. The number of benzene rings is 1. The lowest BCUT2D eigenvalue weighted by Gasteiger charge is -2.19. The molecule has 112 valence electrons. The van der Waals surface area contributed by atoms with Crippen molar-refractivity contribution >= 4 is 0 Å². The fourth-order valence-electron chi connectivity index (χ4n) is 2.50. The summed E-state index contributed by atoms with van der Waals surface area (Å²) in [7, 11) is 1.74. The van der Waals surface area contributed by atoms with E-state index in [9.17, 15) is 0 Å². The monoisotopic (exact) mass is 275 g/mol. The third-order valence-corrected chi connectivity index (χ3v) is 3.69. The van der Waals surface area contributed by atoms with Crippen molar-refractivity contribution < 1.29 is 4.74 Å². The largest absolute Gasteiger partial charge is 0.496 e. The molecule has 1 atom stereocenters. The van der Waals surface area contributed by atoms with Gasteiger partial charge in [-0.15, -0.1) is 6.58 Å². The summed E-state index contributed by atoms with van der Waals surface area (Å²) >= 11 is 0. The molecule has 1 aromatic rings. The summed E-state index contributed by atoms with van der Waals surface area (Å²) in [5.41, 5.74) is 2.52. The third kappa shape index (κ3) is 5.38. The molecule has 0 radical (unpaired) electrons. The quantitative estimate of drug-likeness (QED) is 0.489. The van der Waals surface area contributed by atoms with Crippen LogP contribution in [-0.4, -0.2) is 13.7 Å². The lowest BCUT2D eigenvalue weighted by atomic mass is 9.98. The van der Waals surface area contributed by atoms with Crippen molar-refractivity contribution in [3.05, 3.63) is 42.0 Å². The van der Waals surface area contributed by atoms with Crippen LogP contribution in [0, 0.1) is 6.92 Å². The van der Waals surface area contributed by atoms with Crippen molar-refractivity contribution in [2.24, 2.45) is 0 Å². The Morgan fingerprint density at radius 3 is 2.75 bits per heavy atom. The highest BCUT2D eigenvalue weighted by molar-refractivity contribution is 5.37. The first-order chi connectivity index (χ1) is 9.72. The van der Waals surface area contributed by atoms with Gasteiger partial charge in [0.1, 0.15) is 5.75 Å². The second kappa shape index (κ2) is 9.60. The van der Waals surface area contributed by atoms with E-state index in [0.29, 0.717) is 6.04 Å². The van der Waals surface area contributed by atoms with E-state index in [2.05, 4.69) is 43.9 Å². The van der Waals surface area contributed by atoms with E-state index in [4.69, 9.17) is 4.74 Å². The fourth-order valence-corrected chi connectivity index (χ4v) is 2.50. The summed E-state index contributed by atoms with van der Waals surface area (Å²) in [6, 6.07) is 6.97. The maximum Gasteiger partial charge on any atom is 0.122 e. The minimum absolute atomic E-state index is 0.429. The number of allylic oxidation sites excluding steroid dienone is 1. The number of unbranched alkanes of at least 4 members (excludes halogenated alkanes) is 3. The Labute approximate surface area is 124 Å². The lowest BCUT2D eigenvalue weighted by Crippen LogP contribution is -2.21. The van der Waals surface area contributed by atoms with E-state index < -0.39 is 0 Å². The van der Waals surface area contributed by atoms with Crippen LogP contribution in [0.1, 0.15) is 56.2 Å². The maximum absolute atomic E-state index is 5.43. The standard InChI is InChI=1S/C18H29NO/c1-5-7-8-9-10-11-17(19-6-2)16-13-12-15(3)18(14-16)20-4/h5,12-14,17,19H,1,6-11H2,2-4H3. The second-order valence-corrected chi connectivity index (χ2v) is 5.27. The van der Waals surface area contributed by atoms with E-state index in [-0.39, 0.29) is 0 Å². The van der Waals surface area contributed by atoms with Gasteiger partial charge in [0, 0.05) is 6.04 Å². The van der Waals surface area contributed by atoms with Crippen LogP contribution in [0.15, 0.2) is 30.9 Å². The van der Waals surface area contributed by atoms with Crippen molar-refractivity contribution in [3.8, 4) is 5.75 Å². The maximum atomic E-state index is 5.43. The molecule has 0 spiro atoms. The van der Waals surface area contributed by atoms with Crippen molar-refractivity contribution in [3.63, 3.8) is 0 Å². The molecule has 0 bridgehead atoms. The number of hydrogen-bond donors (Lipinski definition) is 1. The summed E-state index contributed by atoms with van der Waals surface area (Å²) < 4.78 is 5.43. The second-order valence-electron chi connectivity index (χ2n) is 5.27. The topological polar surface area (TPSA) is 21.3 Å². The van der Waals surface area contributed by atoms with Crippen molar-refractivity contribution in [2.45, 2.75) is 52.0 Å². The molecular weight excluding hydrogens is 246 g/mol. The Morgan fingerprint density at radius 1 is 1.30 bits per heavy atom. The predicted molar refractivity (Wildman–Crippen MR) is 87.4 cm³/mol. The van der Waals surface area contributed by atoms with Crippen LogP contribution in [0.4, 0.5) is 0 Å². The normalized spacial score (nSPS) is 12.2. The molecular formula is C18H29NO. The van der Waals surface area contributed by atoms with Crippen LogP contribution < -0.4 is 10.1 Å². The van der Waals surface area contributed by atoms with Gasteiger partial charge in [-0.1, -0.05) is 38.0 Å². The molecule has 20 heavy (non-hydrogen) atoms. The van der Waals surface area contributed by atoms with Gasteiger partial charge >= 0.3 is 0 Å². The Kier molecular flexibility index (Phi) is 8.05. The zero-order chi connectivity index (χ0) is 14.8. The highest BCUT2D eigenvalue weighted by atomic mass is 16.5. The Morgan fingerprint density at radius 2 is 2.10 bits per heavy atom. The number of aryl methyl sites for hydroxylation is 1. The first-order valence-corrected chi connectivity index (χ1v) is 7.71. The van der Waals surface area contributed by atoms with Gasteiger partial charge in [0.2, 0.25) is 0 Å². The van der Waals surface area contributed by atoms with Crippen LogP contribution in [0.25, 0.3) is 0 Å². The minimum atomic E-state index is 0.429. The summed E-state index contributed by atoms with van der Waals surface area (Å²) in [6.45, 7) is 9.01. The molecule has 0 amide bonds. The minimum Gasteiger partial charge on any atom is -0.496 e. The number of methoxy groups -OCH3 is 1. The molecule has 2 nitrogen and oxygen atoms in total. The van der Waals surface area contributed by atoms with Gasteiger partial charge in [0.15, 0.2) is 0 Å². The smallest absolute Gasteiger partial charge is 0.122 e. The highest BCUT2D eigenvalue weighted by Crippen LogP contribution is 2.26. The van der Waals surface area contributed by atoms with Crippen molar-refractivity contribution in [1.82, 2.24) is 5.32 Å². The van der Waals surface area contributed by atoms with Crippen molar-refractivity contribution in [1.29, 1.82) is 0 Å². The van der Waals surface area contributed by atoms with Gasteiger partial charge in [-0.25, -0.2) is 0 Å². The molecule has 0 aliphatic carbocycles. The SMILES string of the molecule is C=CCCCCCC(NCC)c1ccc(C)c(OC)c1. The van der Waals surface area contributed by atoms with Gasteiger partial charge in [0.05, 0.1) is 7.11 Å². The number of rotatable bonds is 10. The first-order valence-electron chi connectivity index (χ1n) is 7.71. The van der Waals surface area contributed by atoms with Crippen molar-refractivity contribution in [2.75, 3.05) is 13.7 Å². The lowest BCUT2D eigenvalue weighted by molar-refractivity contribution is 0.408. The molecule has 1 rings (SSSR count). The van der Waals surface area contributed by atoms with Gasteiger partial charge in [0.25, 0.3) is 0 Å². The number of nitrogens with one attached hydrogen (secondary N) is 1.